The van der Waals surface area contributed by atoms with Gasteiger partial charge in [0, 0.05) is 0 Å². The molecule has 0 fully saturated rings. The highest BCUT2D eigenvalue weighted by atomic mass is 79.9. The first-order chi connectivity index (χ1) is 7.04. The molecule has 4 heteroatoms. The molecule has 0 heterocycles. The average molecular weight is 273 g/mol. The Kier molecular flexibility index (Phi) is 4.15. The number of rotatable bonds is 4. The SMILES string of the molecule is CCC(C)Oc1ccc(C(=O)O)cc1Br. The average Bonchev–Trinajstić information content (AvgIpc) is 2.20. The highest BCUT2D eigenvalue weighted by molar-refractivity contribution is 9.10. The second kappa shape index (κ2) is 5.16. The number of hydrogen-bond donors (Lipinski definition) is 1. The zero-order chi connectivity index (χ0) is 11.4. The first-order valence-corrected chi connectivity index (χ1v) is 5.53. The zero-order valence-corrected chi connectivity index (χ0v) is 10.2. The van der Waals surface area contributed by atoms with Crippen LogP contribution in [0.4, 0.5) is 0 Å². The number of benzene rings is 1. The minimum Gasteiger partial charge on any atom is -0.490 e. The van der Waals surface area contributed by atoms with Crippen molar-refractivity contribution in [2.45, 2.75) is 26.4 Å². The Hall–Kier alpha value is -1.03. The quantitative estimate of drug-likeness (QED) is 0.915. The molecule has 1 aromatic carbocycles. The Balaban J connectivity index is 2.88. The maximum atomic E-state index is 10.7. The van der Waals surface area contributed by atoms with Crippen molar-refractivity contribution in [3.8, 4) is 5.75 Å². The molecule has 0 aliphatic heterocycles. The number of ether oxygens (including phenoxy) is 1. The molecule has 0 bridgehead atoms. The van der Waals surface area contributed by atoms with Crippen molar-refractivity contribution < 1.29 is 14.6 Å². The topological polar surface area (TPSA) is 46.5 Å². The van der Waals surface area contributed by atoms with Gasteiger partial charge in [0.25, 0.3) is 0 Å². The molecule has 1 rings (SSSR count). The largest absolute Gasteiger partial charge is 0.490 e. The summed E-state index contributed by atoms with van der Waals surface area (Å²) < 4.78 is 6.26. The fourth-order valence-electron chi connectivity index (χ4n) is 1.03. The van der Waals surface area contributed by atoms with Gasteiger partial charge in [-0.3, -0.25) is 0 Å². The molecule has 0 aromatic heterocycles. The van der Waals surface area contributed by atoms with E-state index in [1.54, 1.807) is 12.1 Å². The first kappa shape index (κ1) is 12.0. The first-order valence-electron chi connectivity index (χ1n) is 4.74. The van der Waals surface area contributed by atoms with Crippen molar-refractivity contribution in [1.82, 2.24) is 0 Å². The molecule has 3 nitrogen and oxygen atoms in total. The fourth-order valence-corrected chi connectivity index (χ4v) is 1.50. The molecule has 0 radical (unpaired) electrons. The van der Waals surface area contributed by atoms with Crippen molar-refractivity contribution in [2.75, 3.05) is 0 Å². The Bertz CT molecular complexity index is 363. The molecule has 0 saturated heterocycles. The fraction of sp³-hybridized carbons (Fsp3) is 0.364. The van der Waals surface area contributed by atoms with Crippen molar-refractivity contribution in [3.05, 3.63) is 28.2 Å². The van der Waals surface area contributed by atoms with Crippen LogP contribution in [0.3, 0.4) is 0 Å². The van der Waals surface area contributed by atoms with Crippen LogP contribution >= 0.6 is 15.9 Å². The van der Waals surface area contributed by atoms with Gasteiger partial charge in [-0.25, -0.2) is 4.79 Å². The monoisotopic (exact) mass is 272 g/mol. The number of halogens is 1. The van der Waals surface area contributed by atoms with Crippen LogP contribution in [0, 0.1) is 0 Å². The van der Waals surface area contributed by atoms with E-state index in [1.165, 1.54) is 6.07 Å². The van der Waals surface area contributed by atoms with E-state index < -0.39 is 5.97 Å². The van der Waals surface area contributed by atoms with Gasteiger partial charge in [-0.05, 0) is 47.5 Å². The van der Waals surface area contributed by atoms with Gasteiger partial charge in [-0.2, -0.15) is 0 Å². The molecule has 0 saturated carbocycles. The van der Waals surface area contributed by atoms with E-state index in [0.29, 0.717) is 10.2 Å². The summed E-state index contributed by atoms with van der Waals surface area (Å²) in [4.78, 5) is 10.7. The molecule has 15 heavy (non-hydrogen) atoms. The number of aromatic carboxylic acids is 1. The van der Waals surface area contributed by atoms with Gasteiger partial charge in [0.2, 0.25) is 0 Å². The Morgan fingerprint density at radius 2 is 2.27 bits per heavy atom. The predicted molar refractivity (Wildman–Crippen MR) is 61.5 cm³/mol. The van der Waals surface area contributed by atoms with Gasteiger partial charge >= 0.3 is 5.97 Å². The Labute approximate surface area is 97.2 Å². The van der Waals surface area contributed by atoms with Crippen molar-refractivity contribution in [3.63, 3.8) is 0 Å². The maximum absolute atomic E-state index is 10.7. The summed E-state index contributed by atoms with van der Waals surface area (Å²) in [5.41, 5.74) is 0.248. The molecule has 0 aliphatic rings. The third kappa shape index (κ3) is 3.23. The van der Waals surface area contributed by atoms with E-state index in [1.807, 2.05) is 13.8 Å². The van der Waals surface area contributed by atoms with E-state index in [0.717, 1.165) is 6.42 Å². The summed E-state index contributed by atoms with van der Waals surface area (Å²) in [5.74, 6) is -0.264. The van der Waals surface area contributed by atoms with Crippen LogP contribution in [0.25, 0.3) is 0 Å². The standard InChI is InChI=1S/C11H13BrO3/c1-3-7(2)15-10-5-4-8(11(13)14)6-9(10)12/h4-7H,3H2,1-2H3,(H,13,14). The summed E-state index contributed by atoms with van der Waals surface area (Å²) in [5, 5.41) is 8.77. The molecule has 1 N–H and O–H groups in total. The smallest absolute Gasteiger partial charge is 0.335 e. The minimum absolute atomic E-state index is 0.122. The molecule has 0 aliphatic carbocycles. The lowest BCUT2D eigenvalue weighted by Gasteiger charge is -2.14. The minimum atomic E-state index is -0.939. The third-order valence-corrected chi connectivity index (χ3v) is 2.70. The number of carboxylic acid groups (broad SMARTS) is 1. The van der Waals surface area contributed by atoms with Crippen molar-refractivity contribution in [2.24, 2.45) is 0 Å². The number of hydrogen-bond acceptors (Lipinski definition) is 2. The van der Waals surface area contributed by atoms with Crippen LogP contribution in [0.5, 0.6) is 5.75 Å². The third-order valence-electron chi connectivity index (χ3n) is 2.08. The number of carbonyl (C=O) groups is 1. The van der Waals surface area contributed by atoms with E-state index in [4.69, 9.17) is 9.84 Å². The van der Waals surface area contributed by atoms with Gasteiger partial charge in [0.15, 0.2) is 0 Å². The van der Waals surface area contributed by atoms with Gasteiger partial charge in [-0.15, -0.1) is 0 Å². The number of carboxylic acids is 1. The lowest BCUT2D eigenvalue weighted by Crippen LogP contribution is -2.10. The summed E-state index contributed by atoms with van der Waals surface area (Å²) >= 11 is 3.28. The van der Waals surface area contributed by atoms with Gasteiger partial charge in [0.1, 0.15) is 5.75 Å². The van der Waals surface area contributed by atoms with E-state index >= 15 is 0 Å². The van der Waals surface area contributed by atoms with Crippen LogP contribution in [0.1, 0.15) is 30.6 Å². The normalized spacial score (nSPS) is 12.2. The zero-order valence-electron chi connectivity index (χ0n) is 8.66. The second-order valence-corrected chi connectivity index (χ2v) is 4.14. The molecule has 1 aromatic rings. The van der Waals surface area contributed by atoms with Gasteiger partial charge in [0.05, 0.1) is 16.1 Å². The van der Waals surface area contributed by atoms with Crippen LogP contribution in [-0.4, -0.2) is 17.2 Å². The van der Waals surface area contributed by atoms with Crippen molar-refractivity contribution in [1.29, 1.82) is 0 Å². The Morgan fingerprint density at radius 3 is 2.73 bits per heavy atom. The van der Waals surface area contributed by atoms with E-state index in [9.17, 15) is 4.79 Å². The summed E-state index contributed by atoms with van der Waals surface area (Å²) in [6, 6.07) is 4.74. The van der Waals surface area contributed by atoms with E-state index in [-0.39, 0.29) is 11.7 Å². The molecular weight excluding hydrogens is 260 g/mol. The van der Waals surface area contributed by atoms with Gasteiger partial charge < -0.3 is 9.84 Å². The summed E-state index contributed by atoms with van der Waals surface area (Å²) in [6.45, 7) is 4.00. The molecule has 0 amide bonds. The molecule has 1 unspecified atom stereocenters. The summed E-state index contributed by atoms with van der Waals surface area (Å²) in [7, 11) is 0. The van der Waals surface area contributed by atoms with Crippen LogP contribution in [0.2, 0.25) is 0 Å². The maximum Gasteiger partial charge on any atom is 0.335 e. The second-order valence-electron chi connectivity index (χ2n) is 3.29. The highest BCUT2D eigenvalue weighted by Gasteiger charge is 2.09. The van der Waals surface area contributed by atoms with E-state index in [2.05, 4.69) is 15.9 Å². The van der Waals surface area contributed by atoms with Crippen LogP contribution in [-0.2, 0) is 0 Å². The summed E-state index contributed by atoms with van der Waals surface area (Å²) in [6.07, 6.45) is 1.03. The Morgan fingerprint density at radius 1 is 1.60 bits per heavy atom. The highest BCUT2D eigenvalue weighted by Crippen LogP contribution is 2.27. The predicted octanol–water partition coefficient (Wildman–Crippen LogP) is 3.32. The van der Waals surface area contributed by atoms with Crippen LogP contribution < -0.4 is 4.74 Å². The van der Waals surface area contributed by atoms with Gasteiger partial charge in [-0.1, -0.05) is 6.92 Å². The molecule has 1 atom stereocenters. The van der Waals surface area contributed by atoms with Crippen LogP contribution in [0.15, 0.2) is 22.7 Å². The molecular formula is C11H13BrO3. The molecule has 0 spiro atoms. The lowest BCUT2D eigenvalue weighted by molar-refractivity contribution is 0.0696. The van der Waals surface area contributed by atoms with Crippen molar-refractivity contribution >= 4 is 21.9 Å². The lowest BCUT2D eigenvalue weighted by atomic mass is 10.2. The molecule has 82 valence electrons.